The van der Waals surface area contributed by atoms with Gasteiger partial charge in [0, 0.05) is 61.5 Å². The third-order valence-electron chi connectivity index (χ3n) is 6.06. The maximum Gasteiger partial charge on any atom is 0.313 e. The van der Waals surface area contributed by atoms with Crippen molar-refractivity contribution < 1.29 is 9.59 Å². The second-order valence-electron chi connectivity index (χ2n) is 8.28. The second-order valence-corrected chi connectivity index (χ2v) is 8.72. The summed E-state index contributed by atoms with van der Waals surface area (Å²) in [6.45, 7) is 5.57. The first-order valence-electron chi connectivity index (χ1n) is 11.3. The number of piperazine rings is 1. The first-order chi connectivity index (χ1) is 16.5. The fourth-order valence-corrected chi connectivity index (χ4v) is 4.31. The summed E-state index contributed by atoms with van der Waals surface area (Å²) in [7, 11) is 0. The number of para-hydroxylation sites is 1. The number of benzene rings is 2. The molecular weight excluding hydrogens is 450 g/mol. The number of anilines is 2. The van der Waals surface area contributed by atoms with E-state index in [9.17, 15) is 9.59 Å². The Morgan fingerprint density at radius 1 is 1.00 bits per heavy atom. The van der Waals surface area contributed by atoms with E-state index >= 15 is 0 Å². The Hall–Kier alpha value is -3.42. The van der Waals surface area contributed by atoms with E-state index in [1.54, 1.807) is 24.4 Å². The molecule has 2 N–H and O–H groups in total. The number of aromatic nitrogens is 1. The number of aryl methyl sites for hydroxylation is 1. The van der Waals surface area contributed by atoms with Gasteiger partial charge in [-0.2, -0.15) is 0 Å². The third kappa shape index (κ3) is 5.92. The van der Waals surface area contributed by atoms with Gasteiger partial charge in [-0.15, -0.1) is 0 Å². The van der Waals surface area contributed by atoms with Gasteiger partial charge in [-0.25, -0.2) is 0 Å². The highest BCUT2D eigenvalue weighted by atomic mass is 35.5. The van der Waals surface area contributed by atoms with Crippen LogP contribution in [0.25, 0.3) is 0 Å². The number of pyridine rings is 1. The van der Waals surface area contributed by atoms with E-state index in [0.29, 0.717) is 17.3 Å². The number of carbonyl (C=O) groups excluding carboxylic acids is 2. The quantitative estimate of drug-likeness (QED) is 0.530. The number of rotatable bonds is 6. The lowest BCUT2D eigenvalue weighted by molar-refractivity contribution is -0.136. The van der Waals surface area contributed by atoms with Gasteiger partial charge in [0.15, 0.2) is 0 Å². The van der Waals surface area contributed by atoms with Crippen LogP contribution in [0, 0.1) is 6.92 Å². The van der Waals surface area contributed by atoms with Crippen molar-refractivity contribution in [2.24, 2.45) is 0 Å². The lowest BCUT2D eigenvalue weighted by atomic mass is 10.1. The maximum atomic E-state index is 12.6. The van der Waals surface area contributed by atoms with Crippen molar-refractivity contribution >= 4 is 34.8 Å². The number of hydrogen-bond donors (Lipinski definition) is 2. The Morgan fingerprint density at radius 3 is 2.47 bits per heavy atom. The van der Waals surface area contributed by atoms with Gasteiger partial charge < -0.3 is 15.5 Å². The molecule has 3 aromatic rings. The molecule has 0 bridgehead atoms. The Kier molecular flexibility index (Phi) is 7.77. The van der Waals surface area contributed by atoms with Crippen LogP contribution in [0.4, 0.5) is 11.4 Å². The summed E-state index contributed by atoms with van der Waals surface area (Å²) < 4.78 is 0. The van der Waals surface area contributed by atoms with E-state index in [0.717, 1.165) is 37.3 Å². The molecule has 0 saturated carbocycles. The topological polar surface area (TPSA) is 77.6 Å². The van der Waals surface area contributed by atoms with E-state index in [-0.39, 0.29) is 6.04 Å². The van der Waals surface area contributed by atoms with Crippen LogP contribution in [0.5, 0.6) is 0 Å². The smallest absolute Gasteiger partial charge is 0.313 e. The monoisotopic (exact) mass is 477 g/mol. The SMILES string of the molecule is Cc1ccc(Cl)cc1NC(=O)C(=O)NCC(c1cccnc1)N1CCN(c2ccccc2)CC1. The molecule has 8 heteroatoms. The van der Waals surface area contributed by atoms with Crippen LogP contribution in [-0.4, -0.2) is 54.4 Å². The number of hydrogen-bond acceptors (Lipinski definition) is 5. The fraction of sp³-hybridized carbons (Fsp3) is 0.269. The molecule has 1 aromatic heterocycles. The molecule has 7 nitrogen and oxygen atoms in total. The summed E-state index contributed by atoms with van der Waals surface area (Å²) >= 11 is 6.02. The third-order valence-corrected chi connectivity index (χ3v) is 6.29. The molecule has 176 valence electrons. The molecule has 2 heterocycles. The van der Waals surface area contributed by atoms with E-state index in [1.807, 2.05) is 43.5 Å². The summed E-state index contributed by atoms with van der Waals surface area (Å²) in [5.41, 5.74) is 3.56. The largest absolute Gasteiger partial charge is 0.369 e. The second kappa shape index (κ2) is 11.1. The lowest BCUT2D eigenvalue weighted by Gasteiger charge is -2.40. The molecule has 2 amide bonds. The maximum absolute atomic E-state index is 12.6. The fourth-order valence-electron chi connectivity index (χ4n) is 4.14. The predicted molar refractivity (Wildman–Crippen MR) is 135 cm³/mol. The van der Waals surface area contributed by atoms with Crippen LogP contribution in [-0.2, 0) is 9.59 Å². The molecule has 4 rings (SSSR count). The highest BCUT2D eigenvalue weighted by Gasteiger charge is 2.27. The van der Waals surface area contributed by atoms with Crippen molar-refractivity contribution in [2.45, 2.75) is 13.0 Å². The zero-order valence-electron chi connectivity index (χ0n) is 19.1. The first-order valence-corrected chi connectivity index (χ1v) is 11.7. The molecule has 0 radical (unpaired) electrons. The van der Waals surface area contributed by atoms with Crippen molar-refractivity contribution in [3.05, 3.63) is 89.2 Å². The highest BCUT2D eigenvalue weighted by Crippen LogP contribution is 2.24. The van der Waals surface area contributed by atoms with E-state index in [4.69, 9.17) is 11.6 Å². The molecule has 1 aliphatic heterocycles. The number of halogens is 1. The Bertz CT molecular complexity index is 1120. The van der Waals surface area contributed by atoms with E-state index in [2.05, 4.69) is 37.6 Å². The minimum absolute atomic E-state index is 0.0868. The van der Waals surface area contributed by atoms with Gasteiger partial charge in [0.2, 0.25) is 0 Å². The zero-order valence-corrected chi connectivity index (χ0v) is 19.8. The van der Waals surface area contributed by atoms with Crippen molar-refractivity contribution in [1.82, 2.24) is 15.2 Å². The van der Waals surface area contributed by atoms with Crippen molar-refractivity contribution in [3.8, 4) is 0 Å². The molecule has 1 unspecified atom stereocenters. The number of carbonyl (C=O) groups is 2. The molecule has 1 atom stereocenters. The van der Waals surface area contributed by atoms with Gasteiger partial charge in [-0.1, -0.05) is 41.9 Å². The summed E-state index contributed by atoms with van der Waals surface area (Å²) in [5, 5.41) is 5.95. The minimum atomic E-state index is -0.718. The molecule has 0 aliphatic carbocycles. The molecule has 0 spiro atoms. The van der Waals surface area contributed by atoms with Gasteiger partial charge in [0.1, 0.15) is 0 Å². The Balaban J connectivity index is 1.39. The summed E-state index contributed by atoms with van der Waals surface area (Å²) in [6.07, 6.45) is 3.54. The summed E-state index contributed by atoms with van der Waals surface area (Å²) in [5.74, 6) is -1.40. The average Bonchev–Trinajstić information content (AvgIpc) is 2.88. The number of nitrogens with one attached hydrogen (secondary N) is 2. The van der Waals surface area contributed by atoms with Crippen LogP contribution in [0.3, 0.4) is 0 Å². The standard InChI is InChI=1S/C26H28ClN5O2/c1-19-9-10-21(27)16-23(19)30-26(34)25(33)29-18-24(20-6-5-11-28-17-20)32-14-12-31(13-15-32)22-7-3-2-4-8-22/h2-11,16-17,24H,12-15,18H2,1H3,(H,29,33)(H,30,34). The molecule has 1 aliphatic rings. The van der Waals surface area contributed by atoms with E-state index in [1.165, 1.54) is 5.69 Å². The lowest BCUT2D eigenvalue weighted by Crippen LogP contribution is -2.50. The van der Waals surface area contributed by atoms with Crippen molar-refractivity contribution in [1.29, 1.82) is 0 Å². The van der Waals surface area contributed by atoms with Crippen LogP contribution in [0.15, 0.2) is 73.1 Å². The molecule has 1 fully saturated rings. The van der Waals surface area contributed by atoms with Crippen molar-refractivity contribution in [2.75, 3.05) is 42.9 Å². The van der Waals surface area contributed by atoms with Crippen LogP contribution < -0.4 is 15.5 Å². The van der Waals surface area contributed by atoms with Gasteiger partial charge in [-0.05, 0) is 48.4 Å². The summed E-state index contributed by atoms with van der Waals surface area (Å²) in [4.78, 5) is 34.0. The highest BCUT2D eigenvalue weighted by molar-refractivity contribution is 6.40. The van der Waals surface area contributed by atoms with Gasteiger partial charge >= 0.3 is 11.8 Å². The number of nitrogens with zero attached hydrogens (tertiary/aromatic N) is 3. The van der Waals surface area contributed by atoms with Gasteiger partial charge in [0.05, 0.1) is 6.04 Å². The normalized spacial score (nSPS) is 14.9. The van der Waals surface area contributed by atoms with Gasteiger partial charge in [0.25, 0.3) is 0 Å². The molecular formula is C26H28ClN5O2. The Labute approximate surface area is 204 Å². The summed E-state index contributed by atoms with van der Waals surface area (Å²) in [6, 6.07) is 19.3. The zero-order chi connectivity index (χ0) is 23.9. The Morgan fingerprint density at radius 2 is 1.76 bits per heavy atom. The van der Waals surface area contributed by atoms with Crippen LogP contribution in [0.1, 0.15) is 17.2 Å². The minimum Gasteiger partial charge on any atom is -0.369 e. The van der Waals surface area contributed by atoms with Crippen LogP contribution in [0.2, 0.25) is 5.02 Å². The molecule has 1 saturated heterocycles. The van der Waals surface area contributed by atoms with Crippen LogP contribution >= 0.6 is 11.6 Å². The molecule has 2 aromatic carbocycles. The van der Waals surface area contributed by atoms with E-state index < -0.39 is 11.8 Å². The first kappa shape index (κ1) is 23.7. The van der Waals surface area contributed by atoms with Crippen molar-refractivity contribution in [3.63, 3.8) is 0 Å². The molecule has 34 heavy (non-hydrogen) atoms. The predicted octanol–water partition coefficient (Wildman–Crippen LogP) is 3.66. The average molecular weight is 478 g/mol. The van der Waals surface area contributed by atoms with Gasteiger partial charge in [-0.3, -0.25) is 19.5 Å². The number of amides is 2.